The molecule has 1 aromatic heterocycles. The van der Waals surface area contributed by atoms with E-state index in [1.807, 2.05) is 26.0 Å². The lowest BCUT2D eigenvalue weighted by Crippen LogP contribution is -2.17. The summed E-state index contributed by atoms with van der Waals surface area (Å²) < 4.78 is 5.58. The molecule has 0 saturated carbocycles. The highest BCUT2D eigenvalue weighted by atomic mass is 16.4. The molecule has 20 heavy (non-hydrogen) atoms. The van der Waals surface area contributed by atoms with Crippen molar-refractivity contribution in [1.82, 2.24) is 15.5 Å². The van der Waals surface area contributed by atoms with E-state index in [1.54, 1.807) is 0 Å². The number of benzene rings is 1. The number of nitrogens with zero attached hydrogens (tertiary/aromatic N) is 2. The third-order valence-electron chi connectivity index (χ3n) is 3.07. The second-order valence-electron chi connectivity index (χ2n) is 4.80. The Hall–Kier alpha value is -1.88. The molecule has 0 fully saturated rings. The summed E-state index contributed by atoms with van der Waals surface area (Å²) >= 11 is 0. The van der Waals surface area contributed by atoms with Gasteiger partial charge in [-0.3, -0.25) is 0 Å². The van der Waals surface area contributed by atoms with Crippen molar-refractivity contribution in [2.24, 2.45) is 0 Å². The van der Waals surface area contributed by atoms with Gasteiger partial charge in [0.25, 0.3) is 0 Å². The van der Waals surface area contributed by atoms with Gasteiger partial charge >= 0.3 is 6.01 Å². The van der Waals surface area contributed by atoms with Crippen molar-refractivity contribution >= 4 is 11.7 Å². The monoisotopic (exact) mass is 274 g/mol. The Kier molecular flexibility index (Phi) is 5.12. The lowest BCUT2D eigenvalue weighted by atomic mass is 10.1. The number of aryl methyl sites for hydroxylation is 1. The summed E-state index contributed by atoms with van der Waals surface area (Å²) in [6, 6.07) is 8.78. The summed E-state index contributed by atoms with van der Waals surface area (Å²) in [7, 11) is 0. The number of rotatable bonds is 7. The van der Waals surface area contributed by atoms with Crippen molar-refractivity contribution in [3.8, 4) is 0 Å². The highest BCUT2D eigenvalue weighted by molar-refractivity contribution is 5.52. The summed E-state index contributed by atoms with van der Waals surface area (Å²) in [5, 5.41) is 14.4. The number of hydrogen-bond acceptors (Lipinski definition) is 5. The van der Waals surface area contributed by atoms with E-state index in [0.29, 0.717) is 11.9 Å². The first-order valence-corrected chi connectivity index (χ1v) is 7.15. The zero-order chi connectivity index (χ0) is 14.4. The Morgan fingerprint density at radius 3 is 2.55 bits per heavy atom. The van der Waals surface area contributed by atoms with Crippen molar-refractivity contribution in [3.63, 3.8) is 0 Å². The maximum Gasteiger partial charge on any atom is 0.320 e. The molecule has 1 aromatic carbocycles. The van der Waals surface area contributed by atoms with Gasteiger partial charge in [-0.2, -0.15) is 0 Å². The zero-order valence-corrected chi connectivity index (χ0v) is 12.3. The molecule has 5 heteroatoms. The van der Waals surface area contributed by atoms with Crippen LogP contribution in [0.2, 0.25) is 0 Å². The van der Waals surface area contributed by atoms with Gasteiger partial charge in [-0.1, -0.05) is 37.5 Å². The van der Waals surface area contributed by atoms with Gasteiger partial charge in [-0.05, 0) is 37.6 Å². The molecule has 108 valence electrons. The molecule has 0 spiro atoms. The second kappa shape index (κ2) is 7.05. The summed E-state index contributed by atoms with van der Waals surface area (Å²) in [5.74, 6) is 0.594. The largest absolute Gasteiger partial charge is 0.406 e. The predicted molar refractivity (Wildman–Crippen MR) is 80.1 cm³/mol. The van der Waals surface area contributed by atoms with Crippen LogP contribution in [0.15, 0.2) is 28.7 Å². The topological polar surface area (TPSA) is 63.0 Å². The summed E-state index contributed by atoms with van der Waals surface area (Å²) in [6.07, 6.45) is 2.26. The molecule has 0 radical (unpaired) electrons. The van der Waals surface area contributed by atoms with Crippen molar-refractivity contribution in [1.29, 1.82) is 0 Å². The Morgan fingerprint density at radius 1 is 1.15 bits per heavy atom. The average Bonchev–Trinajstić information content (AvgIpc) is 2.90. The molecule has 0 aliphatic rings. The second-order valence-corrected chi connectivity index (χ2v) is 4.80. The van der Waals surface area contributed by atoms with E-state index < -0.39 is 0 Å². The molecule has 1 atom stereocenters. The van der Waals surface area contributed by atoms with Crippen LogP contribution in [0.25, 0.3) is 0 Å². The molecule has 0 saturated heterocycles. The maximum absolute atomic E-state index is 5.58. The van der Waals surface area contributed by atoms with Crippen LogP contribution in [-0.2, 0) is 6.42 Å². The van der Waals surface area contributed by atoms with Gasteiger partial charge in [0.15, 0.2) is 0 Å². The average molecular weight is 274 g/mol. The van der Waals surface area contributed by atoms with Crippen LogP contribution >= 0.6 is 0 Å². The van der Waals surface area contributed by atoms with E-state index in [4.69, 9.17) is 4.42 Å². The summed E-state index contributed by atoms with van der Waals surface area (Å²) in [5.41, 5.74) is 2.29. The van der Waals surface area contributed by atoms with E-state index in [2.05, 4.69) is 39.9 Å². The van der Waals surface area contributed by atoms with Crippen molar-refractivity contribution in [2.45, 2.75) is 39.7 Å². The van der Waals surface area contributed by atoms with Crippen LogP contribution < -0.4 is 10.6 Å². The van der Waals surface area contributed by atoms with E-state index in [-0.39, 0.29) is 6.04 Å². The van der Waals surface area contributed by atoms with Gasteiger partial charge in [0, 0.05) is 5.69 Å². The Morgan fingerprint density at radius 2 is 1.90 bits per heavy atom. The zero-order valence-electron chi connectivity index (χ0n) is 12.3. The number of hydrogen-bond donors (Lipinski definition) is 2. The molecule has 1 unspecified atom stereocenters. The fourth-order valence-corrected chi connectivity index (χ4v) is 2.02. The molecule has 0 aliphatic heterocycles. The first-order chi connectivity index (χ1) is 9.72. The highest BCUT2D eigenvalue weighted by Gasteiger charge is 2.12. The molecule has 2 rings (SSSR count). The summed E-state index contributed by atoms with van der Waals surface area (Å²) in [6.45, 7) is 7.09. The van der Waals surface area contributed by atoms with Crippen molar-refractivity contribution in [3.05, 3.63) is 35.7 Å². The van der Waals surface area contributed by atoms with Gasteiger partial charge in [0.1, 0.15) is 0 Å². The first kappa shape index (κ1) is 14.5. The number of aromatic nitrogens is 2. The minimum atomic E-state index is 0.0648. The normalized spacial score (nSPS) is 12.3. The van der Waals surface area contributed by atoms with Crippen molar-refractivity contribution in [2.75, 3.05) is 11.9 Å². The van der Waals surface area contributed by atoms with Crippen LogP contribution in [0.1, 0.15) is 44.7 Å². The molecular formula is C15H22N4O. The van der Waals surface area contributed by atoms with Crippen LogP contribution in [0.3, 0.4) is 0 Å². The van der Waals surface area contributed by atoms with E-state index >= 15 is 0 Å². The summed E-state index contributed by atoms with van der Waals surface area (Å²) in [4.78, 5) is 0. The van der Waals surface area contributed by atoms with Gasteiger partial charge in [-0.25, -0.2) is 0 Å². The van der Waals surface area contributed by atoms with E-state index in [0.717, 1.165) is 25.1 Å². The number of nitrogens with one attached hydrogen (secondary N) is 2. The first-order valence-electron chi connectivity index (χ1n) is 7.15. The molecule has 0 bridgehead atoms. The van der Waals surface area contributed by atoms with Crippen LogP contribution in [0.5, 0.6) is 0 Å². The Labute approximate surface area is 119 Å². The van der Waals surface area contributed by atoms with Crippen molar-refractivity contribution < 1.29 is 4.42 Å². The van der Waals surface area contributed by atoms with Crippen LogP contribution in [0, 0.1) is 0 Å². The quantitative estimate of drug-likeness (QED) is 0.809. The van der Waals surface area contributed by atoms with Gasteiger partial charge in [0.05, 0.1) is 6.04 Å². The fourth-order valence-electron chi connectivity index (χ4n) is 2.02. The van der Waals surface area contributed by atoms with E-state index in [1.165, 1.54) is 5.56 Å². The minimum Gasteiger partial charge on any atom is -0.406 e. The third-order valence-corrected chi connectivity index (χ3v) is 3.07. The lowest BCUT2D eigenvalue weighted by molar-refractivity contribution is 0.430. The van der Waals surface area contributed by atoms with E-state index in [9.17, 15) is 0 Å². The molecule has 5 nitrogen and oxygen atoms in total. The van der Waals surface area contributed by atoms with Gasteiger partial charge < -0.3 is 15.1 Å². The van der Waals surface area contributed by atoms with Gasteiger partial charge in [0.2, 0.25) is 5.89 Å². The molecular weight excluding hydrogens is 252 g/mol. The fraction of sp³-hybridized carbons (Fsp3) is 0.467. The Bertz CT molecular complexity index is 521. The minimum absolute atomic E-state index is 0.0648. The third kappa shape index (κ3) is 3.81. The molecule has 2 N–H and O–H groups in total. The highest BCUT2D eigenvalue weighted by Crippen LogP contribution is 2.19. The molecule has 1 heterocycles. The standard InChI is InChI=1S/C15H22N4O/c1-4-6-12-7-9-13(10-8-12)17-15-19-18-14(20-15)11(3)16-5-2/h7-11,16H,4-6H2,1-3H3,(H,17,19). The molecule has 2 aromatic rings. The lowest BCUT2D eigenvalue weighted by Gasteiger charge is -2.06. The van der Waals surface area contributed by atoms with Gasteiger partial charge in [-0.15, -0.1) is 5.10 Å². The molecule has 0 aliphatic carbocycles. The molecule has 0 amide bonds. The SMILES string of the molecule is CCCc1ccc(Nc2nnc(C(C)NCC)o2)cc1. The predicted octanol–water partition coefficient (Wildman–Crippen LogP) is 3.44. The van der Waals surface area contributed by atoms with Crippen LogP contribution in [0.4, 0.5) is 11.7 Å². The van der Waals surface area contributed by atoms with Crippen LogP contribution in [-0.4, -0.2) is 16.7 Å². The number of anilines is 2. The Balaban J connectivity index is 1.99. The maximum atomic E-state index is 5.58. The smallest absolute Gasteiger partial charge is 0.320 e.